The zero-order chi connectivity index (χ0) is 14.2. The SMILES string of the molecule is Cc1[nH]c2ccc(C(=O)O)cc2c(=O)c1CC(C)C. The van der Waals surface area contributed by atoms with E-state index in [0.717, 1.165) is 11.3 Å². The van der Waals surface area contributed by atoms with Crippen LogP contribution in [0.4, 0.5) is 0 Å². The lowest BCUT2D eigenvalue weighted by Gasteiger charge is -2.10. The van der Waals surface area contributed by atoms with E-state index in [0.29, 0.717) is 23.2 Å². The Bertz CT molecular complexity index is 698. The lowest BCUT2D eigenvalue weighted by atomic mass is 9.99. The first-order chi connectivity index (χ1) is 8.90. The molecular weight excluding hydrogens is 242 g/mol. The van der Waals surface area contributed by atoms with Gasteiger partial charge in [-0.1, -0.05) is 13.8 Å². The number of H-pyrrole nitrogens is 1. The molecule has 0 aliphatic rings. The number of aryl methyl sites for hydroxylation is 1. The van der Waals surface area contributed by atoms with Gasteiger partial charge in [0.15, 0.2) is 5.43 Å². The Balaban J connectivity index is 2.73. The minimum atomic E-state index is -1.02. The van der Waals surface area contributed by atoms with E-state index in [9.17, 15) is 9.59 Å². The molecule has 0 fully saturated rings. The Morgan fingerprint density at radius 1 is 1.37 bits per heavy atom. The molecular formula is C15H17NO3. The van der Waals surface area contributed by atoms with Gasteiger partial charge in [0.2, 0.25) is 0 Å². The Kier molecular flexibility index (Phi) is 3.42. The van der Waals surface area contributed by atoms with Crippen molar-refractivity contribution < 1.29 is 9.90 Å². The maximum atomic E-state index is 12.4. The summed E-state index contributed by atoms with van der Waals surface area (Å²) in [7, 11) is 0. The van der Waals surface area contributed by atoms with Crippen molar-refractivity contribution in [2.45, 2.75) is 27.2 Å². The molecule has 0 amide bonds. The van der Waals surface area contributed by atoms with Crippen LogP contribution in [0.3, 0.4) is 0 Å². The van der Waals surface area contributed by atoms with Crippen LogP contribution in [-0.4, -0.2) is 16.1 Å². The molecule has 0 spiro atoms. The van der Waals surface area contributed by atoms with Gasteiger partial charge >= 0.3 is 5.97 Å². The Morgan fingerprint density at radius 2 is 2.05 bits per heavy atom. The molecule has 0 saturated carbocycles. The van der Waals surface area contributed by atoms with Gasteiger partial charge in [-0.15, -0.1) is 0 Å². The average Bonchev–Trinajstić information content (AvgIpc) is 2.33. The van der Waals surface area contributed by atoms with Gasteiger partial charge in [0.05, 0.1) is 5.56 Å². The van der Waals surface area contributed by atoms with Gasteiger partial charge in [0.25, 0.3) is 0 Å². The highest BCUT2D eigenvalue weighted by Gasteiger charge is 2.12. The first kappa shape index (κ1) is 13.3. The predicted octanol–water partition coefficient (Wildman–Crippen LogP) is 2.73. The van der Waals surface area contributed by atoms with Gasteiger partial charge in [0.1, 0.15) is 0 Å². The van der Waals surface area contributed by atoms with Crippen molar-refractivity contribution in [1.29, 1.82) is 0 Å². The van der Waals surface area contributed by atoms with Crippen LogP contribution in [0.2, 0.25) is 0 Å². The van der Waals surface area contributed by atoms with Gasteiger partial charge in [0, 0.05) is 22.2 Å². The molecule has 0 aliphatic carbocycles. The second kappa shape index (κ2) is 4.88. The van der Waals surface area contributed by atoms with Gasteiger partial charge in [-0.3, -0.25) is 4.79 Å². The van der Waals surface area contributed by atoms with Crippen LogP contribution < -0.4 is 5.43 Å². The standard InChI is InChI=1S/C15H17NO3/c1-8(2)6-11-9(3)16-13-5-4-10(15(18)19)7-12(13)14(11)17/h4-5,7-8H,6H2,1-3H3,(H,16,17)(H,18,19). The van der Waals surface area contributed by atoms with Crippen LogP contribution in [0.15, 0.2) is 23.0 Å². The molecule has 0 saturated heterocycles. The summed E-state index contributed by atoms with van der Waals surface area (Å²) in [6.07, 6.45) is 0.689. The highest BCUT2D eigenvalue weighted by atomic mass is 16.4. The summed E-state index contributed by atoms with van der Waals surface area (Å²) in [5.41, 5.74) is 2.35. The lowest BCUT2D eigenvalue weighted by molar-refractivity contribution is 0.0697. The summed E-state index contributed by atoms with van der Waals surface area (Å²) in [6.45, 7) is 5.98. The molecule has 2 aromatic rings. The van der Waals surface area contributed by atoms with Crippen LogP contribution in [0, 0.1) is 12.8 Å². The number of hydrogen-bond acceptors (Lipinski definition) is 2. The second-order valence-corrected chi connectivity index (χ2v) is 5.22. The van der Waals surface area contributed by atoms with Crippen molar-refractivity contribution in [2.75, 3.05) is 0 Å². The molecule has 1 aromatic heterocycles. The van der Waals surface area contributed by atoms with E-state index in [1.807, 2.05) is 6.92 Å². The zero-order valence-corrected chi connectivity index (χ0v) is 11.3. The quantitative estimate of drug-likeness (QED) is 0.890. The number of hydrogen-bond donors (Lipinski definition) is 2. The number of carboxylic acids is 1. The Labute approximate surface area is 111 Å². The lowest BCUT2D eigenvalue weighted by Crippen LogP contribution is -2.16. The van der Waals surface area contributed by atoms with Crippen molar-refractivity contribution in [2.24, 2.45) is 5.92 Å². The minimum Gasteiger partial charge on any atom is -0.478 e. The van der Waals surface area contributed by atoms with Crippen molar-refractivity contribution in [3.63, 3.8) is 0 Å². The van der Waals surface area contributed by atoms with Crippen LogP contribution in [-0.2, 0) is 6.42 Å². The fourth-order valence-corrected chi connectivity index (χ4v) is 2.24. The van der Waals surface area contributed by atoms with Gasteiger partial charge in [-0.2, -0.15) is 0 Å². The number of fused-ring (bicyclic) bond motifs is 1. The third kappa shape index (κ3) is 2.52. The maximum Gasteiger partial charge on any atom is 0.335 e. The summed E-state index contributed by atoms with van der Waals surface area (Å²) in [4.78, 5) is 26.6. The van der Waals surface area contributed by atoms with E-state index < -0.39 is 5.97 Å². The number of nitrogens with one attached hydrogen (secondary N) is 1. The van der Waals surface area contributed by atoms with Crippen LogP contribution in [0.1, 0.15) is 35.5 Å². The van der Waals surface area contributed by atoms with E-state index in [1.165, 1.54) is 12.1 Å². The summed E-state index contributed by atoms with van der Waals surface area (Å²) in [5, 5.41) is 9.44. The third-order valence-electron chi connectivity index (χ3n) is 3.17. The molecule has 100 valence electrons. The number of carboxylic acid groups (broad SMARTS) is 1. The van der Waals surface area contributed by atoms with Crippen molar-refractivity contribution in [1.82, 2.24) is 4.98 Å². The van der Waals surface area contributed by atoms with E-state index in [4.69, 9.17) is 5.11 Å². The molecule has 0 atom stereocenters. The van der Waals surface area contributed by atoms with E-state index >= 15 is 0 Å². The van der Waals surface area contributed by atoms with E-state index in [1.54, 1.807) is 6.07 Å². The minimum absolute atomic E-state index is 0.0666. The molecule has 2 rings (SSSR count). The van der Waals surface area contributed by atoms with E-state index in [2.05, 4.69) is 18.8 Å². The highest BCUT2D eigenvalue weighted by molar-refractivity contribution is 5.93. The Hall–Kier alpha value is -2.10. The number of benzene rings is 1. The van der Waals surface area contributed by atoms with E-state index in [-0.39, 0.29) is 11.0 Å². The molecule has 1 aromatic carbocycles. The smallest absolute Gasteiger partial charge is 0.335 e. The van der Waals surface area contributed by atoms with Crippen molar-refractivity contribution in [3.05, 3.63) is 45.2 Å². The monoisotopic (exact) mass is 259 g/mol. The van der Waals surface area contributed by atoms with Crippen molar-refractivity contribution >= 4 is 16.9 Å². The number of aromatic nitrogens is 1. The zero-order valence-electron chi connectivity index (χ0n) is 11.3. The summed E-state index contributed by atoms with van der Waals surface area (Å²) >= 11 is 0. The molecule has 0 bridgehead atoms. The number of aromatic amines is 1. The molecule has 0 radical (unpaired) electrons. The van der Waals surface area contributed by atoms with Crippen LogP contribution in [0.25, 0.3) is 10.9 Å². The first-order valence-electron chi connectivity index (χ1n) is 6.29. The summed E-state index contributed by atoms with van der Waals surface area (Å²) in [6, 6.07) is 4.59. The maximum absolute atomic E-state index is 12.4. The summed E-state index contributed by atoms with van der Waals surface area (Å²) in [5.74, 6) is -0.646. The van der Waals surface area contributed by atoms with Crippen LogP contribution >= 0.6 is 0 Å². The molecule has 4 nitrogen and oxygen atoms in total. The summed E-state index contributed by atoms with van der Waals surface area (Å²) < 4.78 is 0. The largest absolute Gasteiger partial charge is 0.478 e. The molecule has 4 heteroatoms. The van der Waals surface area contributed by atoms with Crippen LogP contribution in [0.5, 0.6) is 0 Å². The molecule has 0 aliphatic heterocycles. The predicted molar refractivity (Wildman–Crippen MR) is 74.8 cm³/mol. The average molecular weight is 259 g/mol. The molecule has 19 heavy (non-hydrogen) atoms. The van der Waals surface area contributed by atoms with Gasteiger partial charge in [-0.25, -0.2) is 4.79 Å². The van der Waals surface area contributed by atoms with Gasteiger partial charge in [-0.05, 0) is 37.5 Å². The molecule has 1 heterocycles. The molecule has 0 unspecified atom stereocenters. The first-order valence-corrected chi connectivity index (χ1v) is 6.29. The fraction of sp³-hybridized carbons (Fsp3) is 0.333. The highest BCUT2D eigenvalue weighted by Crippen LogP contribution is 2.15. The normalized spacial score (nSPS) is 11.2. The van der Waals surface area contributed by atoms with Gasteiger partial charge < -0.3 is 10.1 Å². The Morgan fingerprint density at radius 3 is 2.63 bits per heavy atom. The number of pyridine rings is 1. The van der Waals surface area contributed by atoms with Crippen molar-refractivity contribution in [3.8, 4) is 0 Å². The second-order valence-electron chi connectivity index (χ2n) is 5.22. The number of rotatable bonds is 3. The topological polar surface area (TPSA) is 70.2 Å². The number of carbonyl (C=O) groups is 1. The fourth-order valence-electron chi connectivity index (χ4n) is 2.24. The number of aromatic carboxylic acids is 1. The third-order valence-corrected chi connectivity index (χ3v) is 3.17. The molecule has 2 N–H and O–H groups in total.